The van der Waals surface area contributed by atoms with Crippen LogP contribution < -0.4 is 5.32 Å². The Balaban J connectivity index is 1.59. The first-order valence-corrected chi connectivity index (χ1v) is 7.52. The Morgan fingerprint density at radius 3 is 2.67 bits per heavy atom. The standard InChI is InChI=1S/C16H20F3NO/c17-16(18,19)13-3-1-2-12(8-13)15(21)9-20-14-7-10-4-5-11(14)6-10/h1-3,8,10-11,14-15,20-21H,4-7,9H2. The molecule has 0 saturated heterocycles. The lowest BCUT2D eigenvalue weighted by molar-refractivity contribution is -0.137. The van der Waals surface area contributed by atoms with Crippen LogP contribution in [0.1, 0.15) is 42.9 Å². The van der Waals surface area contributed by atoms with E-state index >= 15 is 0 Å². The summed E-state index contributed by atoms with van der Waals surface area (Å²) in [7, 11) is 0. The highest BCUT2D eigenvalue weighted by Gasteiger charge is 2.39. The Kier molecular flexibility index (Phi) is 3.97. The molecule has 5 heteroatoms. The number of fused-ring (bicyclic) bond motifs is 2. The lowest BCUT2D eigenvalue weighted by Gasteiger charge is -2.24. The summed E-state index contributed by atoms with van der Waals surface area (Å²) in [6.45, 7) is 0.315. The molecule has 0 amide bonds. The van der Waals surface area contributed by atoms with Crippen molar-refractivity contribution in [1.82, 2.24) is 5.32 Å². The summed E-state index contributed by atoms with van der Waals surface area (Å²) in [6, 6.07) is 5.37. The summed E-state index contributed by atoms with van der Waals surface area (Å²) in [6.07, 6.45) is -0.321. The Morgan fingerprint density at radius 2 is 2.05 bits per heavy atom. The molecule has 0 spiro atoms. The largest absolute Gasteiger partial charge is 0.416 e. The zero-order chi connectivity index (χ0) is 15.0. The zero-order valence-corrected chi connectivity index (χ0v) is 11.7. The summed E-state index contributed by atoms with van der Waals surface area (Å²) >= 11 is 0. The Labute approximate surface area is 122 Å². The molecular formula is C16H20F3NO. The monoisotopic (exact) mass is 299 g/mol. The first-order chi connectivity index (χ1) is 9.93. The van der Waals surface area contributed by atoms with Gasteiger partial charge in [0.05, 0.1) is 11.7 Å². The van der Waals surface area contributed by atoms with E-state index in [0.29, 0.717) is 24.1 Å². The molecule has 2 saturated carbocycles. The number of nitrogens with one attached hydrogen (secondary N) is 1. The summed E-state index contributed by atoms with van der Waals surface area (Å²) in [5.41, 5.74) is -0.389. The van der Waals surface area contributed by atoms with Crippen molar-refractivity contribution in [3.8, 4) is 0 Å². The zero-order valence-electron chi connectivity index (χ0n) is 11.7. The van der Waals surface area contributed by atoms with Crippen molar-refractivity contribution in [1.29, 1.82) is 0 Å². The topological polar surface area (TPSA) is 32.3 Å². The van der Waals surface area contributed by atoms with Crippen molar-refractivity contribution in [3.63, 3.8) is 0 Å². The molecule has 2 nitrogen and oxygen atoms in total. The van der Waals surface area contributed by atoms with Crippen LogP contribution in [-0.4, -0.2) is 17.7 Å². The molecule has 116 valence electrons. The molecule has 2 aliphatic carbocycles. The first kappa shape index (κ1) is 14.9. The van der Waals surface area contributed by atoms with Crippen molar-refractivity contribution in [2.45, 2.75) is 44.0 Å². The number of alkyl halides is 3. The van der Waals surface area contributed by atoms with Gasteiger partial charge in [0, 0.05) is 12.6 Å². The molecule has 2 bridgehead atoms. The SMILES string of the molecule is OC(CNC1CC2CCC1C2)c1cccc(C(F)(F)F)c1. The van der Waals surface area contributed by atoms with Crippen molar-refractivity contribution in [3.05, 3.63) is 35.4 Å². The molecule has 0 aromatic heterocycles. The van der Waals surface area contributed by atoms with Crippen molar-refractivity contribution >= 4 is 0 Å². The second-order valence-corrected chi connectivity index (χ2v) is 6.33. The highest BCUT2D eigenvalue weighted by Crippen LogP contribution is 2.44. The van der Waals surface area contributed by atoms with E-state index in [9.17, 15) is 18.3 Å². The van der Waals surface area contributed by atoms with Crippen LogP contribution in [0.25, 0.3) is 0 Å². The van der Waals surface area contributed by atoms with Gasteiger partial charge in [-0.25, -0.2) is 0 Å². The number of benzene rings is 1. The third kappa shape index (κ3) is 3.24. The number of aliphatic hydroxyl groups excluding tert-OH is 1. The maximum Gasteiger partial charge on any atom is 0.416 e. The Morgan fingerprint density at radius 1 is 1.24 bits per heavy atom. The lowest BCUT2D eigenvalue weighted by Crippen LogP contribution is -2.36. The smallest absolute Gasteiger partial charge is 0.387 e. The molecule has 2 fully saturated rings. The van der Waals surface area contributed by atoms with Crippen LogP contribution in [0.4, 0.5) is 13.2 Å². The fraction of sp³-hybridized carbons (Fsp3) is 0.625. The summed E-state index contributed by atoms with van der Waals surface area (Å²) in [4.78, 5) is 0. The van der Waals surface area contributed by atoms with Crippen LogP contribution in [0.5, 0.6) is 0 Å². The first-order valence-electron chi connectivity index (χ1n) is 7.52. The van der Waals surface area contributed by atoms with Crippen LogP contribution >= 0.6 is 0 Å². The van der Waals surface area contributed by atoms with Gasteiger partial charge in [0.2, 0.25) is 0 Å². The highest BCUT2D eigenvalue weighted by atomic mass is 19.4. The fourth-order valence-corrected chi connectivity index (χ4v) is 3.80. The van der Waals surface area contributed by atoms with E-state index in [2.05, 4.69) is 5.32 Å². The predicted octanol–water partition coefficient (Wildman–Crippen LogP) is 3.52. The van der Waals surface area contributed by atoms with Gasteiger partial charge in [-0.1, -0.05) is 18.6 Å². The minimum atomic E-state index is -4.37. The third-order valence-electron chi connectivity index (χ3n) is 4.91. The van der Waals surface area contributed by atoms with Crippen LogP contribution in [0.3, 0.4) is 0 Å². The highest BCUT2D eigenvalue weighted by molar-refractivity contribution is 5.27. The molecule has 0 heterocycles. The average molecular weight is 299 g/mol. The maximum atomic E-state index is 12.7. The normalized spacial score (nSPS) is 29.8. The Hall–Kier alpha value is -1.07. The number of rotatable bonds is 4. The molecule has 0 aliphatic heterocycles. The van der Waals surface area contributed by atoms with Gasteiger partial charge in [0.15, 0.2) is 0 Å². The van der Waals surface area contributed by atoms with Gasteiger partial charge in [0.1, 0.15) is 0 Å². The molecule has 2 aliphatic rings. The maximum absolute atomic E-state index is 12.7. The molecular weight excluding hydrogens is 279 g/mol. The molecule has 0 radical (unpaired) electrons. The van der Waals surface area contributed by atoms with E-state index in [-0.39, 0.29) is 0 Å². The molecule has 21 heavy (non-hydrogen) atoms. The van der Waals surface area contributed by atoms with E-state index in [0.717, 1.165) is 24.5 Å². The molecule has 1 aromatic rings. The van der Waals surface area contributed by atoms with Gasteiger partial charge in [-0.2, -0.15) is 13.2 Å². The quantitative estimate of drug-likeness (QED) is 0.891. The van der Waals surface area contributed by atoms with Gasteiger partial charge < -0.3 is 10.4 Å². The van der Waals surface area contributed by atoms with Gasteiger partial charge in [-0.05, 0) is 48.8 Å². The van der Waals surface area contributed by atoms with Crippen molar-refractivity contribution in [2.24, 2.45) is 11.8 Å². The number of hydrogen-bond acceptors (Lipinski definition) is 2. The molecule has 4 unspecified atom stereocenters. The number of halogens is 3. The van der Waals surface area contributed by atoms with E-state index in [1.54, 1.807) is 6.07 Å². The lowest BCUT2D eigenvalue weighted by atomic mass is 9.95. The van der Waals surface area contributed by atoms with E-state index in [1.807, 2.05) is 0 Å². The van der Waals surface area contributed by atoms with Gasteiger partial charge in [-0.15, -0.1) is 0 Å². The molecule has 2 N–H and O–H groups in total. The summed E-state index contributed by atoms with van der Waals surface area (Å²) in [5.74, 6) is 1.49. The Bertz CT molecular complexity index is 503. The van der Waals surface area contributed by atoms with Crippen molar-refractivity contribution in [2.75, 3.05) is 6.54 Å². The third-order valence-corrected chi connectivity index (χ3v) is 4.91. The van der Waals surface area contributed by atoms with Crippen molar-refractivity contribution < 1.29 is 18.3 Å². The van der Waals surface area contributed by atoms with Crippen LogP contribution in [0.2, 0.25) is 0 Å². The minimum Gasteiger partial charge on any atom is -0.387 e. The molecule has 3 rings (SSSR count). The number of aliphatic hydroxyl groups is 1. The summed E-state index contributed by atoms with van der Waals surface area (Å²) in [5, 5.41) is 13.4. The van der Waals surface area contributed by atoms with Gasteiger partial charge in [0.25, 0.3) is 0 Å². The van der Waals surface area contributed by atoms with Gasteiger partial charge >= 0.3 is 6.18 Å². The van der Waals surface area contributed by atoms with Crippen LogP contribution in [-0.2, 0) is 6.18 Å². The van der Waals surface area contributed by atoms with Gasteiger partial charge in [-0.3, -0.25) is 0 Å². The second kappa shape index (κ2) is 5.61. The van der Waals surface area contributed by atoms with E-state index in [1.165, 1.54) is 25.3 Å². The summed E-state index contributed by atoms with van der Waals surface area (Å²) < 4.78 is 38.0. The molecule has 1 aromatic carbocycles. The second-order valence-electron chi connectivity index (χ2n) is 6.33. The minimum absolute atomic E-state index is 0.315. The fourth-order valence-electron chi connectivity index (χ4n) is 3.80. The molecule has 4 atom stereocenters. The average Bonchev–Trinajstić information content (AvgIpc) is 3.06. The van der Waals surface area contributed by atoms with Crippen LogP contribution in [0.15, 0.2) is 24.3 Å². The number of hydrogen-bond donors (Lipinski definition) is 2. The van der Waals surface area contributed by atoms with E-state index < -0.39 is 17.8 Å². The van der Waals surface area contributed by atoms with E-state index in [4.69, 9.17) is 0 Å². The van der Waals surface area contributed by atoms with Crippen LogP contribution in [0, 0.1) is 11.8 Å². The predicted molar refractivity (Wildman–Crippen MR) is 73.6 cm³/mol.